The van der Waals surface area contributed by atoms with Crippen LogP contribution in [0.3, 0.4) is 0 Å². The van der Waals surface area contributed by atoms with Gasteiger partial charge in [0.1, 0.15) is 5.75 Å². The minimum atomic E-state index is -4.36. The number of rotatable bonds is 7. The van der Waals surface area contributed by atoms with Crippen molar-refractivity contribution in [1.29, 1.82) is 0 Å². The molecule has 0 bridgehead atoms. The summed E-state index contributed by atoms with van der Waals surface area (Å²) in [7, 11) is 1.60. The van der Waals surface area contributed by atoms with Crippen LogP contribution >= 0.6 is 0 Å². The molecule has 2 N–H and O–H groups in total. The number of carbonyl (C=O) groups excluding carboxylic acids is 1. The summed E-state index contributed by atoms with van der Waals surface area (Å²) in [5.41, 5.74) is 0.340. The second-order valence-electron chi connectivity index (χ2n) is 7.12. The van der Waals surface area contributed by atoms with Crippen LogP contribution in [0.2, 0.25) is 0 Å². The highest BCUT2D eigenvalue weighted by Gasteiger charge is 2.44. The number of hydrogen-bond donors (Lipinski definition) is 2. The van der Waals surface area contributed by atoms with Crippen molar-refractivity contribution in [3.63, 3.8) is 0 Å². The van der Waals surface area contributed by atoms with Crippen LogP contribution in [0.4, 0.5) is 13.2 Å². The van der Waals surface area contributed by atoms with Gasteiger partial charge in [-0.2, -0.15) is 13.2 Å². The lowest BCUT2D eigenvalue weighted by Crippen LogP contribution is -2.62. The molecule has 2 aromatic rings. The van der Waals surface area contributed by atoms with E-state index in [1.54, 1.807) is 13.2 Å². The van der Waals surface area contributed by atoms with Crippen molar-refractivity contribution >= 4 is 5.91 Å². The number of nitrogens with one attached hydrogen (secondary N) is 2. The minimum absolute atomic E-state index is 0.0824. The summed E-state index contributed by atoms with van der Waals surface area (Å²) in [5, 5.41) is 6.04. The number of hydrogen-bond acceptors (Lipinski definition) is 3. The second kappa shape index (κ2) is 8.22. The molecule has 1 aliphatic rings. The van der Waals surface area contributed by atoms with E-state index in [0.717, 1.165) is 23.4 Å². The molecule has 0 saturated carbocycles. The Labute approximate surface area is 162 Å². The number of benzene rings is 2. The fourth-order valence-electron chi connectivity index (χ4n) is 3.38. The number of halogens is 3. The van der Waals surface area contributed by atoms with Gasteiger partial charge in [0.05, 0.1) is 18.1 Å². The maximum Gasteiger partial charge on any atom is 0.416 e. The summed E-state index contributed by atoms with van der Waals surface area (Å²) in [5.74, 6) is 0.658. The molecule has 150 valence electrons. The first kappa shape index (κ1) is 20.2. The Morgan fingerprint density at radius 2 is 1.86 bits per heavy atom. The molecule has 0 aromatic heterocycles. The van der Waals surface area contributed by atoms with Gasteiger partial charge < -0.3 is 15.4 Å². The van der Waals surface area contributed by atoms with E-state index in [-0.39, 0.29) is 5.91 Å². The van der Waals surface area contributed by atoms with Gasteiger partial charge in [0, 0.05) is 19.6 Å². The van der Waals surface area contributed by atoms with Crippen molar-refractivity contribution < 1.29 is 22.7 Å². The smallest absolute Gasteiger partial charge is 0.416 e. The highest BCUT2D eigenvalue weighted by atomic mass is 19.4. The Balaban J connectivity index is 1.59. The summed E-state index contributed by atoms with van der Waals surface area (Å²) >= 11 is 0. The van der Waals surface area contributed by atoms with E-state index in [1.165, 1.54) is 6.07 Å². The van der Waals surface area contributed by atoms with Crippen molar-refractivity contribution in [2.75, 3.05) is 26.7 Å². The van der Waals surface area contributed by atoms with Crippen molar-refractivity contribution in [2.45, 2.75) is 19.0 Å². The average Bonchev–Trinajstić information content (AvgIpc) is 2.64. The van der Waals surface area contributed by atoms with Gasteiger partial charge in [0.2, 0.25) is 5.91 Å². The highest BCUT2D eigenvalue weighted by Crippen LogP contribution is 2.30. The molecule has 4 nitrogen and oxygen atoms in total. The molecule has 1 heterocycles. The van der Waals surface area contributed by atoms with E-state index in [4.69, 9.17) is 4.74 Å². The van der Waals surface area contributed by atoms with E-state index in [1.807, 2.05) is 24.3 Å². The maximum atomic E-state index is 12.8. The standard InChI is InChI=1S/C21H23F3N2O2/c1-28-18-7-3-5-16(11-18)12-20(13-25-14-20)19(27)26-9-8-15-4-2-6-17(10-15)21(22,23)24/h2-7,10-11,25H,8-9,12-14H2,1H3,(H,26,27). The van der Waals surface area contributed by atoms with Crippen LogP contribution < -0.4 is 15.4 Å². The first-order valence-corrected chi connectivity index (χ1v) is 9.10. The van der Waals surface area contributed by atoms with Crippen LogP contribution in [-0.2, 0) is 23.8 Å². The zero-order valence-corrected chi connectivity index (χ0v) is 15.6. The summed E-state index contributed by atoms with van der Waals surface area (Å²) in [4.78, 5) is 12.8. The Kier molecular flexibility index (Phi) is 5.93. The fraction of sp³-hybridized carbons (Fsp3) is 0.381. The van der Waals surface area contributed by atoms with Gasteiger partial charge >= 0.3 is 6.18 Å². The number of carbonyl (C=O) groups is 1. The molecule has 1 amide bonds. The Bertz CT molecular complexity index is 832. The first-order valence-electron chi connectivity index (χ1n) is 9.10. The van der Waals surface area contributed by atoms with Crippen molar-refractivity contribution in [1.82, 2.24) is 10.6 Å². The summed E-state index contributed by atoms with van der Waals surface area (Å²) in [6.07, 6.45) is -3.44. The van der Waals surface area contributed by atoms with Gasteiger partial charge in [0.25, 0.3) is 0 Å². The molecule has 1 fully saturated rings. The molecule has 0 radical (unpaired) electrons. The molecule has 0 unspecified atom stereocenters. The van der Waals surface area contributed by atoms with Crippen LogP contribution in [0, 0.1) is 5.41 Å². The zero-order valence-electron chi connectivity index (χ0n) is 15.6. The average molecular weight is 392 g/mol. The van der Waals surface area contributed by atoms with E-state index in [9.17, 15) is 18.0 Å². The summed E-state index contributed by atoms with van der Waals surface area (Å²) in [6.45, 7) is 1.43. The predicted molar refractivity (Wildman–Crippen MR) is 100 cm³/mol. The molecule has 3 rings (SSSR count). The third kappa shape index (κ3) is 4.65. The molecule has 0 atom stereocenters. The number of amides is 1. The normalized spacial score (nSPS) is 15.6. The van der Waals surface area contributed by atoms with Crippen molar-refractivity contribution in [2.24, 2.45) is 5.41 Å². The van der Waals surface area contributed by atoms with E-state index < -0.39 is 17.2 Å². The Hall–Kier alpha value is -2.54. The van der Waals surface area contributed by atoms with Gasteiger partial charge in [-0.1, -0.05) is 30.3 Å². The number of alkyl halides is 3. The molecule has 28 heavy (non-hydrogen) atoms. The minimum Gasteiger partial charge on any atom is -0.497 e. The maximum absolute atomic E-state index is 12.8. The lowest BCUT2D eigenvalue weighted by molar-refractivity contribution is -0.137. The molecule has 1 aliphatic heterocycles. The van der Waals surface area contributed by atoms with E-state index in [2.05, 4.69) is 10.6 Å². The largest absolute Gasteiger partial charge is 0.497 e. The first-order chi connectivity index (χ1) is 13.3. The lowest BCUT2D eigenvalue weighted by Gasteiger charge is -2.41. The molecule has 1 saturated heterocycles. The SMILES string of the molecule is COc1cccc(CC2(C(=O)NCCc3cccc(C(F)(F)F)c3)CNC2)c1. The fourth-order valence-corrected chi connectivity index (χ4v) is 3.38. The summed E-state index contributed by atoms with van der Waals surface area (Å²) in [6, 6.07) is 12.8. The van der Waals surface area contributed by atoms with Gasteiger partial charge in [-0.05, 0) is 42.2 Å². The van der Waals surface area contributed by atoms with E-state index in [0.29, 0.717) is 38.0 Å². The molecule has 0 aliphatic carbocycles. The lowest BCUT2D eigenvalue weighted by atomic mass is 9.75. The van der Waals surface area contributed by atoms with Crippen LogP contribution in [-0.4, -0.2) is 32.7 Å². The Morgan fingerprint density at radius 1 is 1.14 bits per heavy atom. The van der Waals surface area contributed by atoms with Crippen LogP contribution in [0.5, 0.6) is 5.75 Å². The monoisotopic (exact) mass is 392 g/mol. The number of ether oxygens (including phenoxy) is 1. The zero-order chi connectivity index (χ0) is 20.2. The van der Waals surface area contributed by atoms with Crippen molar-refractivity contribution in [3.05, 3.63) is 65.2 Å². The Morgan fingerprint density at radius 3 is 2.50 bits per heavy atom. The van der Waals surface area contributed by atoms with Gasteiger partial charge in [-0.3, -0.25) is 4.79 Å². The van der Waals surface area contributed by atoms with Crippen LogP contribution in [0.25, 0.3) is 0 Å². The van der Waals surface area contributed by atoms with Crippen molar-refractivity contribution in [3.8, 4) is 5.75 Å². The van der Waals surface area contributed by atoms with Gasteiger partial charge in [0.15, 0.2) is 0 Å². The van der Waals surface area contributed by atoms with Crippen LogP contribution in [0.1, 0.15) is 16.7 Å². The van der Waals surface area contributed by atoms with Gasteiger partial charge in [-0.15, -0.1) is 0 Å². The summed E-state index contributed by atoms with van der Waals surface area (Å²) < 4.78 is 43.6. The molecule has 2 aromatic carbocycles. The molecular weight excluding hydrogens is 369 g/mol. The topological polar surface area (TPSA) is 50.4 Å². The molecule has 0 spiro atoms. The van der Waals surface area contributed by atoms with Gasteiger partial charge in [-0.25, -0.2) is 0 Å². The van der Waals surface area contributed by atoms with Crippen LogP contribution in [0.15, 0.2) is 48.5 Å². The predicted octanol–water partition coefficient (Wildman–Crippen LogP) is 3.21. The number of methoxy groups -OCH3 is 1. The highest BCUT2D eigenvalue weighted by molar-refractivity contribution is 5.84. The third-order valence-electron chi connectivity index (χ3n) is 5.04. The third-order valence-corrected chi connectivity index (χ3v) is 5.04. The van der Waals surface area contributed by atoms with E-state index >= 15 is 0 Å². The molecule has 7 heteroatoms. The quantitative estimate of drug-likeness (QED) is 0.761. The second-order valence-corrected chi connectivity index (χ2v) is 7.12. The molecular formula is C21H23F3N2O2.